The molecule has 0 aliphatic heterocycles. The molecule has 0 aliphatic carbocycles. The lowest BCUT2D eigenvalue weighted by Gasteiger charge is -2.26. The van der Waals surface area contributed by atoms with Crippen molar-refractivity contribution in [3.63, 3.8) is 0 Å². The highest BCUT2D eigenvalue weighted by Crippen LogP contribution is 2.64. The van der Waals surface area contributed by atoms with E-state index in [9.17, 15) is 18.9 Å². The Bertz CT molecular complexity index is 541. The van der Waals surface area contributed by atoms with Crippen LogP contribution in [-0.4, -0.2) is 33.5 Å². The van der Waals surface area contributed by atoms with Gasteiger partial charge in [0.1, 0.15) is 5.82 Å². The topological polar surface area (TPSA) is 118 Å². The number of nitrogens with zero attached hydrogens (tertiary/aromatic N) is 1. The Kier molecular flexibility index (Phi) is 6.53. The van der Waals surface area contributed by atoms with Gasteiger partial charge in [0, 0.05) is 6.20 Å². The summed E-state index contributed by atoms with van der Waals surface area (Å²) < 4.78 is 33.8. The van der Waals surface area contributed by atoms with E-state index in [0.29, 0.717) is 0 Å². The Labute approximate surface area is 123 Å². The highest BCUT2D eigenvalue weighted by molar-refractivity contribution is 7.72. The summed E-state index contributed by atoms with van der Waals surface area (Å²) in [6.45, 7) is 4.64. The van der Waals surface area contributed by atoms with E-state index in [1.54, 1.807) is 19.1 Å². The minimum absolute atomic E-state index is 0.0840. The molecule has 2 unspecified atom stereocenters. The molecule has 0 amide bonds. The van der Waals surface area contributed by atoms with Crippen LogP contribution in [0.3, 0.4) is 0 Å². The third kappa shape index (κ3) is 5.18. The lowest BCUT2D eigenvalue weighted by Crippen LogP contribution is -2.23. The maximum absolute atomic E-state index is 12.2. The van der Waals surface area contributed by atoms with Crippen LogP contribution in [0.1, 0.15) is 19.4 Å². The van der Waals surface area contributed by atoms with Crippen molar-refractivity contribution >= 4 is 21.0 Å². The van der Waals surface area contributed by atoms with Gasteiger partial charge in [-0.3, -0.25) is 9.13 Å². The molecular weight excluding hydrogens is 318 g/mol. The van der Waals surface area contributed by atoms with Gasteiger partial charge >= 0.3 is 15.2 Å². The molecular formula is C11H20N2O6P2. The average Bonchev–Trinajstić information content (AvgIpc) is 2.35. The molecule has 1 rings (SSSR count). The number of hydrogen-bond acceptors (Lipinski definition) is 6. The molecule has 0 bridgehead atoms. The maximum Gasteiger partial charge on any atom is 0.362 e. The summed E-state index contributed by atoms with van der Waals surface area (Å²) >= 11 is 0. The summed E-state index contributed by atoms with van der Waals surface area (Å²) in [6, 6.07) is 3.30. The van der Waals surface area contributed by atoms with Crippen molar-refractivity contribution in [2.45, 2.75) is 26.3 Å². The standard InChI is InChI=1S/C11H20N2O6P2/c1-4-18-20(14,15)11(21(16,17)19-5-2)13-10-8-9(3)6-7-12-10/h6-8,11H,4-5H2,1-3H3,(H,12,13)(H,14,15)(H,16,17). The second kappa shape index (κ2) is 7.49. The monoisotopic (exact) mass is 338 g/mol. The van der Waals surface area contributed by atoms with Crippen LogP contribution in [0, 0.1) is 6.92 Å². The minimum Gasteiger partial charge on any atom is -0.346 e. The fraction of sp³-hybridized carbons (Fsp3) is 0.545. The number of anilines is 1. The predicted molar refractivity (Wildman–Crippen MR) is 79.3 cm³/mol. The Morgan fingerprint density at radius 3 is 2.19 bits per heavy atom. The van der Waals surface area contributed by atoms with Crippen LogP contribution >= 0.6 is 15.2 Å². The maximum atomic E-state index is 12.2. The fourth-order valence-electron chi connectivity index (χ4n) is 1.61. The number of nitrogens with one attached hydrogen (secondary N) is 1. The average molecular weight is 338 g/mol. The Balaban J connectivity index is 3.14. The molecule has 21 heavy (non-hydrogen) atoms. The lowest BCUT2D eigenvalue weighted by molar-refractivity contribution is 0.250. The summed E-state index contributed by atoms with van der Waals surface area (Å²) in [4.78, 5) is 23.7. The SMILES string of the molecule is CCOP(=O)(O)C(Nc1cc(C)ccn1)P(=O)(O)OCC. The zero-order valence-electron chi connectivity index (χ0n) is 12.1. The van der Waals surface area contributed by atoms with Crippen LogP contribution in [0.15, 0.2) is 18.3 Å². The zero-order chi connectivity index (χ0) is 16.1. The molecule has 120 valence electrons. The van der Waals surface area contributed by atoms with E-state index in [4.69, 9.17) is 9.05 Å². The zero-order valence-corrected chi connectivity index (χ0v) is 13.9. The first-order valence-electron chi connectivity index (χ1n) is 6.36. The molecule has 0 aromatic carbocycles. The van der Waals surface area contributed by atoms with Gasteiger partial charge in [-0.25, -0.2) is 4.98 Å². The third-order valence-corrected chi connectivity index (χ3v) is 6.94. The van der Waals surface area contributed by atoms with Crippen molar-refractivity contribution in [1.29, 1.82) is 0 Å². The number of pyridine rings is 1. The highest BCUT2D eigenvalue weighted by atomic mass is 31.2. The van der Waals surface area contributed by atoms with Gasteiger partial charge in [-0.15, -0.1) is 0 Å². The number of rotatable bonds is 8. The van der Waals surface area contributed by atoms with Gasteiger partial charge in [-0.2, -0.15) is 0 Å². The van der Waals surface area contributed by atoms with Gasteiger partial charge in [-0.1, -0.05) is 0 Å². The van der Waals surface area contributed by atoms with E-state index in [2.05, 4.69) is 10.3 Å². The quantitative estimate of drug-likeness (QED) is 0.619. The first-order valence-corrected chi connectivity index (χ1v) is 9.65. The van der Waals surface area contributed by atoms with Gasteiger partial charge < -0.3 is 24.2 Å². The molecule has 3 N–H and O–H groups in total. The summed E-state index contributed by atoms with van der Waals surface area (Å²) in [5.74, 6) is 0.183. The van der Waals surface area contributed by atoms with Crippen LogP contribution in [0.2, 0.25) is 0 Å². The van der Waals surface area contributed by atoms with Gasteiger partial charge in [0.2, 0.25) is 5.52 Å². The Morgan fingerprint density at radius 1 is 1.24 bits per heavy atom. The third-order valence-electron chi connectivity index (χ3n) is 2.44. The summed E-state index contributed by atoms with van der Waals surface area (Å²) in [6.07, 6.45) is 1.47. The number of hydrogen-bond donors (Lipinski definition) is 3. The van der Waals surface area contributed by atoms with Crippen LogP contribution in [0.4, 0.5) is 5.82 Å². The molecule has 0 spiro atoms. The summed E-state index contributed by atoms with van der Waals surface area (Å²) in [5.41, 5.74) is -0.973. The molecule has 0 aliphatic rings. The molecule has 1 aromatic rings. The molecule has 8 nitrogen and oxygen atoms in total. The normalized spacial score (nSPS) is 18.5. The van der Waals surface area contributed by atoms with E-state index in [-0.39, 0.29) is 19.0 Å². The second-order valence-corrected chi connectivity index (χ2v) is 8.41. The van der Waals surface area contributed by atoms with Crippen molar-refractivity contribution in [3.05, 3.63) is 23.9 Å². The molecule has 0 saturated heterocycles. The van der Waals surface area contributed by atoms with Crippen molar-refractivity contribution in [3.8, 4) is 0 Å². The van der Waals surface area contributed by atoms with Crippen molar-refractivity contribution in [1.82, 2.24) is 4.98 Å². The first kappa shape index (κ1) is 18.3. The molecule has 0 fully saturated rings. The summed E-state index contributed by atoms with van der Waals surface area (Å²) in [5, 5.41) is 2.48. The van der Waals surface area contributed by atoms with Crippen LogP contribution in [0.25, 0.3) is 0 Å². The lowest BCUT2D eigenvalue weighted by atomic mass is 10.3. The van der Waals surface area contributed by atoms with Crippen LogP contribution in [-0.2, 0) is 18.2 Å². The Morgan fingerprint density at radius 2 is 1.76 bits per heavy atom. The van der Waals surface area contributed by atoms with Crippen LogP contribution < -0.4 is 5.32 Å². The fourth-order valence-corrected chi connectivity index (χ4v) is 5.09. The number of aryl methyl sites for hydroxylation is 1. The number of aromatic nitrogens is 1. The van der Waals surface area contributed by atoms with Gasteiger partial charge in [-0.05, 0) is 38.5 Å². The van der Waals surface area contributed by atoms with E-state index in [1.165, 1.54) is 20.0 Å². The van der Waals surface area contributed by atoms with Gasteiger partial charge in [0.25, 0.3) is 0 Å². The van der Waals surface area contributed by atoms with E-state index >= 15 is 0 Å². The molecule has 0 radical (unpaired) electrons. The molecule has 1 heterocycles. The van der Waals surface area contributed by atoms with Crippen molar-refractivity contribution < 1.29 is 28.0 Å². The smallest absolute Gasteiger partial charge is 0.346 e. The predicted octanol–water partition coefficient (Wildman–Crippen LogP) is 2.53. The van der Waals surface area contributed by atoms with E-state index in [0.717, 1.165) is 5.56 Å². The van der Waals surface area contributed by atoms with Crippen molar-refractivity contribution in [2.75, 3.05) is 18.5 Å². The summed E-state index contributed by atoms with van der Waals surface area (Å²) in [7, 11) is -8.85. The second-order valence-electron chi connectivity index (χ2n) is 4.20. The molecule has 2 atom stereocenters. The molecule has 0 saturated carbocycles. The van der Waals surface area contributed by atoms with E-state index < -0.39 is 20.7 Å². The molecule has 1 aromatic heterocycles. The van der Waals surface area contributed by atoms with Gasteiger partial charge in [0.05, 0.1) is 13.2 Å². The first-order chi connectivity index (χ1) is 9.73. The van der Waals surface area contributed by atoms with Crippen LogP contribution in [0.5, 0.6) is 0 Å². The largest absolute Gasteiger partial charge is 0.362 e. The highest BCUT2D eigenvalue weighted by Gasteiger charge is 2.47. The minimum atomic E-state index is -4.42. The van der Waals surface area contributed by atoms with E-state index in [1.807, 2.05) is 0 Å². The molecule has 10 heteroatoms. The van der Waals surface area contributed by atoms with Crippen molar-refractivity contribution in [2.24, 2.45) is 0 Å². The van der Waals surface area contributed by atoms with Gasteiger partial charge in [0.15, 0.2) is 0 Å². The Hall–Kier alpha value is -0.750.